The van der Waals surface area contributed by atoms with Crippen LogP contribution in [0.15, 0.2) is 206 Å². The Hall–Kier alpha value is -6.26. The molecule has 3 heterocycles. The van der Waals surface area contributed by atoms with E-state index in [9.17, 15) is 0 Å². The zero-order valence-electron chi connectivity index (χ0n) is 40.8. The van der Waals surface area contributed by atoms with Crippen LogP contribution in [0.25, 0.3) is 0 Å². The smallest absolute Gasteiger partial charge is 0.229 e. The molecule has 11 atom stereocenters. The lowest BCUT2D eigenvalue weighted by Gasteiger charge is -2.51. The lowest BCUT2D eigenvalue weighted by molar-refractivity contribution is -0.395. The van der Waals surface area contributed by atoms with Gasteiger partial charge in [0.15, 0.2) is 12.6 Å². The van der Waals surface area contributed by atoms with E-state index in [0.717, 1.165) is 33.4 Å². The summed E-state index contributed by atoms with van der Waals surface area (Å²) in [6.45, 7) is 1.63. The molecule has 7 aromatic carbocycles. The summed E-state index contributed by atoms with van der Waals surface area (Å²) in [5.41, 5.74) is 5.75. The summed E-state index contributed by atoms with van der Waals surface area (Å²) < 4.78 is 82.0. The summed E-state index contributed by atoms with van der Waals surface area (Å²) in [4.78, 5) is 0. The number of benzene rings is 7. The first-order valence-electron chi connectivity index (χ1n) is 25.0. The third kappa shape index (κ3) is 13.5. The molecule has 3 aliphatic rings. The van der Waals surface area contributed by atoms with Crippen LogP contribution in [-0.4, -0.2) is 81.7 Å². The van der Waals surface area contributed by atoms with Crippen LogP contribution >= 0.6 is 0 Å². The molecule has 10 rings (SSSR count). The summed E-state index contributed by atoms with van der Waals surface area (Å²) in [5.74, 6) is 1.22. The Bertz CT molecular complexity index is 2650. The van der Waals surface area contributed by atoms with E-state index in [0.29, 0.717) is 18.1 Å². The minimum atomic E-state index is -1.11. The van der Waals surface area contributed by atoms with E-state index < -0.39 is 67.7 Å². The average molecular weight is 987 g/mol. The highest BCUT2D eigenvalue weighted by molar-refractivity contribution is 5.31. The highest BCUT2D eigenvalue weighted by Gasteiger charge is 2.56. The molecule has 12 heteroatoms. The molecule has 3 saturated heterocycles. The van der Waals surface area contributed by atoms with Crippen LogP contribution in [0.1, 0.15) is 39.7 Å². The maximum Gasteiger partial charge on any atom is 0.229 e. The van der Waals surface area contributed by atoms with Crippen molar-refractivity contribution in [2.24, 2.45) is 0 Å². The molecule has 3 aliphatic heterocycles. The van der Waals surface area contributed by atoms with Crippen molar-refractivity contribution < 1.29 is 56.8 Å². The number of methoxy groups -OCH3 is 1. The molecule has 0 N–H and O–H groups in total. The van der Waals surface area contributed by atoms with Crippen molar-refractivity contribution in [3.63, 3.8) is 0 Å². The summed E-state index contributed by atoms with van der Waals surface area (Å²) in [6.07, 6.45) is -9.11. The largest absolute Gasteiger partial charge is 0.497 e. The zero-order valence-corrected chi connectivity index (χ0v) is 40.8. The topological polar surface area (TPSA) is 111 Å². The first-order valence-corrected chi connectivity index (χ1v) is 25.0. The molecule has 0 unspecified atom stereocenters. The van der Waals surface area contributed by atoms with Gasteiger partial charge in [0.2, 0.25) is 6.29 Å². The van der Waals surface area contributed by atoms with Gasteiger partial charge in [-0.1, -0.05) is 182 Å². The fraction of sp³-hybridized carbons (Fsp3) is 0.311. The summed E-state index contributed by atoms with van der Waals surface area (Å²) in [6, 6.07) is 67.3. The second-order valence-electron chi connectivity index (χ2n) is 18.2. The molecule has 0 aromatic heterocycles. The van der Waals surface area contributed by atoms with E-state index in [-0.39, 0.29) is 39.6 Å². The van der Waals surface area contributed by atoms with Crippen LogP contribution in [0.5, 0.6) is 11.5 Å². The summed E-state index contributed by atoms with van der Waals surface area (Å²) in [7, 11) is 1.63. The predicted molar refractivity (Wildman–Crippen MR) is 272 cm³/mol. The van der Waals surface area contributed by atoms with Crippen LogP contribution in [0.4, 0.5) is 0 Å². The molecule has 0 aliphatic carbocycles. The maximum atomic E-state index is 7.56. The van der Waals surface area contributed by atoms with E-state index in [4.69, 9.17) is 56.8 Å². The van der Waals surface area contributed by atoms with Crippen molar-refractivity contribution in [3.8, 4) is 11.5 Å². The molecule has 378 valence electrons. The minimum Gasteiger partial charge on any atom is -0.497 e. The Balaban J connectivity index is 1.05. The van der Waals surface area contributed by atoms with E-state index in [2.05, 4.69) is 0 Å². The Morgan fingerprint density at radius 1 is 0.411 bits per heavy atom. The lowest BCUT2D eigenvalue weighted by atomic mass is 9.95. The third-order valence-corrected chi connectivity index (χ3v) is 13.1. The molecular formula is C61H62O12. The molecule has 0 amide bonds. The van der Waals surface area contributed by atoms with Gasteiger partial charge in [0, 0.05) is 5.56 Å². The fourth-order valence-electron chi connectivity index (χ4n) is 9.32. The minimum absolute atomic E-state index is 0.141. The predicted octanol–water partition coefficient (Wildman–Crippen LogP) is 10.6. The van der Waals surface area contributed by atoms with Crippen molar-refractivity contribution in [1.82, 2.24) is 0 Å². The monoisotopic (exact) mass is 986 g/mol. The molecule has 7 aromatic rings. The molecule has 73 heavy (non-hydrogen) atoms. The van der Waals surface area contributed by atoms with Crippen molar-refractivity contribution >= 4 is 0 Å². The van der Waals surface area contributed by atoms with Gasteiger partial charge in [-0.2, -0.15) is 0 Å². The fourth-order valence-corrected chi connectivity index (χ4v) is 9.32. The molecule has 0 bridgehead atoms. The van der Waals surface area contributed by atoms with E-state index in [1.165, 1.54) is 0 Å². The van der Waals surface area contributed by atoms with Gasteiger partial charge in [-0.05, 0) is 52.1 Å². The van der Waals surface area contributed by atoms with Gasteiger partial charge in [-0.25, -0.2) is 0 Å². The van der Waals surface area contributed by atoms with Crippen LogP contribution in [0.2, 0.25) is 0 Å². The number of rotatable bonds is 22. The molecule has 0 spiro atoms. The van der Waals surface area contributed by atoms with Gasteiger partial charge in [0.1, 0.15) is 60.3 Å². The van der Waals surface area contributed by atoms with Gasteiger partial charge in [-0.15, -0.1) is 0 Å². The van der Waals surface area contributed by atoms with Crippen molar-refractivity contribution in [2.75, 3.05) is 20.3 Å². The molecular weight excluding hydrogens is 925 g/mol. The standard InChI is InChI=1S/C61H62O12/c1-62-49-32-34-50(35-33-49)69-60-58(67-40-47-28-16-6-17-29-47)56(54-52(71-60)42-68-59(72-54)48-30-18-7-19-31-48)73-61-57(66-39-46-26-14-5-15-27-46)55(65-38-45-24-12-4-13-25-45)53(64-37-44-22-10-3-11-23-44)51(70-61)41-63-36-43-20-8-2-9-21-43/h2-35,51-61H,36-42H2,1H3/t51-,52-,53+,54+,55+,56+,57-,58-,59+,60-,61-/m1/s1. The number of hydrogen-bond donors (Lipinski definition) is 0. The molecule has 3 fully saturated rings. The Kier molecular flexibility index (Phi) is 17.6. The van der Waals surface area contributed by atoms with Gasteiger partial charge < -0.3 is 56.8 Å². The summed E-state index contributed by atoms with van der Waals surface area (Å²) in [5, 5.41) is 0. The highest BCUT2D eigenvalue weighted by Crippen LogP contribution is 2.40. The Labute approximate surface area is 427 Å². The van der Waals surface area contributed by atoms with E-state index in [1.54, 1.807) is 7.11 Å². The van der Waals surface area contributed by atoms with Gasteiger partial charge >= 0.3 is 0 Å². The van der Waals surface area contributed by atoms with Crippen molar-refractivity contribution in [2.45, 2.75) is 101 Å². The molecule has 12 nitrogen and oxygen atoms in total. The summed E-state index contributed by atoms with van der Waals surface area (Å²) >= 11 is 0. The number of fused-ring (bicyclic) bond motifs is 1. The van der Waals surface area contributed by atoms with Gasteiger partial charge in [-0.3, -0.25) is 0 Å². The first-order chi connectivity index (χ1) is 36.1. The van der Waals surface area contributed by atoms with Crippen LogP contribution in [-0.2, 0) is 80.4 Å². The Morgan fingerprint density at radius 2 is 0.849 bits per heavy atom. The average Bonchev–Trinajstić information content (AvgIpc) is 3.45. The second kappa shape index (κ2) is 25.6. The Morgan fingerprint density at radius 3 is 1.36 bits per heavy atom. The third-order valence-electron chi connectivity index (χ3n) is 13.1. The maximum absolute atomic E-state index is 7.56. The van der Waals surface area contributed by atoms with Crippen molar-refractivity contribution in [1.29, 1.82) is 0 Å². The second-order valence-corrected chi connectivity index (χ2v) is 18.2. The van der Waals surface area contributed by atoms with Crippen molar-refractivity contribution in [3.05, 3.63) is 240 Å². The first kappa shape index (κ1) is 50.3. The number of hydrogen-bond acceptors (Lipinski definition) is 12. The number of ether oxygens (including phenoxy) is 12. The van der Waals surface area contributed by atoms with Gasteiger partial charge in [0.25, 0.3) is 0 Å². The quantitative estimate of drug-likeness (QED) is 0.0645. The van der Waals surface area contributed by atoms with E-state index >= 15 is 0 Å². The molecule has 0 saturated carbocycles. The normalized spacial score (nSPS) is 25.8. The molecule has 0 radical (unpaired) electrons. The SMILES string of the molecule is COc1ccc(O[C@@H]2O[C@@H]3CO[C@H](c4ccccc4)O[C@@H]3[C@H](O[C@H]3O[C@H](COCc4ccccc4)[C@H](OCc4ccccc4)[C@H](OCc4ccccc4)[C@H]3OCc3ccccc3)[C@H]2OCc2ccccc2)cc1. The van der Waals surface area contributed by atoms with Crippen LogP contribution in [0, 0.1) is 0 Å². The van der Waals surface area contributed by atoms with Crippen LogP contribution < -0.4 is 9.47 Å². The van der Waals surface area contributed by atoms with E-state index in [1.807, 2.05) is 206 Å². The van der Waals surface area contributed by atoms with Gasteiger partial charge in [0.05, 0.1) is 53.4 Å². The van der Waals surface area contributed by atoms with Crippen LogP contribution in [0.3, 0.4) is 0 Å². The highest BCUT2D eigenvalue weighted by atomic mass is 16.8. The zero-order chi connectivity index (χ0) is 49.4. The lowest BCUT2D eigenvalue weighted by Crippen LogP contribution is -2.67.